The number of aryl methyl sites for hydroxylation is 1. The summed E-state index contributed by atoms with van der Waals surface area (Å²) in [7, 11) is 0. The Kier molecular flexibility index (Phi) is 7.55. The summed E-state index contributed by atoms with van der Waals surface area (Å²) < 4.78 is 6.00. The van der Waals surface area contributed by atoms with Crippen LogP contribution >= 0.6 is 0 Å². The van der Waals surface area contributed by atoms with E-state index in [2.05, 4.69) is 19.1 Å². The lowest BCUT2D eigenvalue weighted by molar-refractivity contribution is -0.121. The standard InChI is InChI=1S/C24H34O4/c1-17-7-11-19(12-8-17)23(27)16-20(25)13-9-18-10-14-22(26)24(15-18)28-21-5-3-2-4-6-21/h7,10-11,14-15,17,19,21,23,26-27H,2-6,8-9,12-13,16H2,1H3/t17-,19-,23-/m0/s1. The Morgan fingerprint density at radius 3 is 2.64 bits per heavy atom. The minimum atomic E-state index is -0.582. The zero-order valence-corrected chi connectivity index (χ0v) is 17.0. The first-order chi connectivity index (χ1) is 13.5. The highest BCUT2D eigenvalue weighted by atomic mass is 16.5. The summed E-state index contributed by atoms with van der Waals surface area (Å²) in [5, 5.41) is 20.5. The Morgan fingerprint density at radius 2 is 1.93 bits per heavy atom. The van der Waals surface area contributed by atoms with Gasteiger partial charge in [0.05, 0.1) is 12.2 Å². The molecule has 0 radical (unpaired) electrons. The third-order valence-corrected chi connectivity index (χ3v) is 6.14. The van der Waals surface area contributed by atoms with Crippen LogP contribution in [-0.2, 0) is 11.2 Å². The Morgan fingerprint density at radius 1 is 1.14 bits per heavy atom. The first-order valence-electron chi connectivity index (χ1n) is 10.9. The number of rotatable bonds is 8. The van der Waals surface area contributed by atoms with Crippen molar-refractivity contribution in [2.24, 2.45) is 11.8 Å². The lowest BCUT2D eigenvalue weighted by Gasteiger charge is -2.24. The average Bonchev–Trinajstić information content (AvgIpc) is 2.70. The van der Waals surface area contributed by atoms with Crippen LogP contribution in [0.25, 0.3) is 0 Å². The molecular formula is C24H34O4. The summed E-state index contributed by atoms with van der Waals surface area (Å²) in [6.07, 6.45) is 12.7. The summed E-state index contributed by atoms with van der Waals surface area (Å²) in [5.41, 5.74) is 0.984. The van der Waals surface area contributed by atoms with E-state index in [0.717, 1.165) is 31.2 Å². The first kappa shape index (κ1) is 20.9. The van der Waals surface area contributed by atoms with Gasteiger partial charge < -0.3 is 14.9 Å². The van der Waals surface area contributed by atoms with Crippen molar-refractivity contribution in [3.8, 4) is 11.5 Å². The van der Waals surface area contributed by atoms with Gasteiger partial charge in [0, 0.05) is 18.8 Å². The number of allylic oxidation sites excluding steroid dienone is 1. The smallest absolute Gasteiger partial charge is 0.161 e. The number of ketones is 1. The molecule has 0 bridgehead atoms. The Bertz CT molecular complexity index is 675. The molecule has 1 saturated carbocycles. The number of hydrogen-bond acceptors (Lipinski definition) is 4. The molecule has 2 aliphatic rings. The van der Waals surface area contributed by atoms with Gasteiger partial charge in [-0.25, -0.2) is 0 Å². The summed E-state index contributed by atoms with van der Waals surface area (Å²) in [5.74, 6) is 1.44. The molecular weight excluding hydrogens is 352 g/mol. The van der Waals surface area contributed by atoms with Crippen LogP contribution < -0.4 is 4.74 Å². The topological polar surface area (TPSA) is 66.8 Å². The molecule has 0 amide bonds. The maximum absolute atomic E-state index is 12.3. The van der Waals surface area contributed by atoms with E-state index in [9.17, 15) is 15.0 Å². The zero-order chi connectivity index (χ0) is 19.9. The highest BCUT2D eigenvalue weighted by molar-refractivity contribution is 5.79. The molecule has 0 unspecified atom stereocenters. The van der Waals surface area contributed by atoms with E-state index in [4.69, 9.17) is 4.74 Å². The van der Waals surface area contributed by atoms with E-state index in [-0.39, 0.29) is 30.0 Å². The van der Waals surface area contributed by atoms with Crippen molar-refractivity contribution in [2.75, 3.05) is 0 Å². The lowest BCUT2D eigenvalue weighted by Crippen LogP contribution is -2.24. The van der Waals surface area contributed by atoms with Gasteiger partial charge in [-0.1, -0.05) is 31.6 Å². The minimum absolute atomic E-state index is 0.0855. The van der Waals surface area contributed by atoms with Gasteiger partial charge in [0.2, 0.25) is 0 Å². The van der Waals surface area contributed by atoms with Crippen molar-refractivity contribution in [1.29, 1.82) is 0 Å². The van der Waals surface area contributed by atoms with Gasteiger partial charge in [-0.05, 0) is 68.6 Å². The van der Waals surface area contributed by atoms with Crippen molar-refractivity contribution in [1.82, 2.24) is 0 Å². The number of aromatic hydroxyl groups is 1. The third kappa shape index (κ3) is 6.10. The van der Waals surface area contributed by atoms with Crippen LogP contribution in [0.15, 0.2) is 30.4 Å². The fourth-order valence-corrected chi connectivity index (χ4v) is 4.24. The monoisotopic (exact) mass is 386 g/mol. The molecule has 4 nitrogen and oxygen atoms in total. The molecule has 1 aromatic carbocycles. The summed E-state index contributed by atoms with van der Waals surface area (Å²) >= 11 is 0. The van der Waals surface area contributed by atoms with Crippen LogP contribution in [0, 0.1) is 11.8 Å². The minimum Gasteiger partial charge on any atom is -0.504 e. The second-order valence-corrected chi connectivity index (χ2v) is 8.59. The van der Waals surface area contributed by atoms with E-state index in [1.165, 1.54) is 19.3 Å². The Labute approximate surface area is 168 Å². The third-order valence-electron chi connectivity index (χ3n) is 6.14. The number of phenols is 1. The largest absolute Gasteiger partial charge is 0.504 e. The molecule has 154 valence electrons. The Hall–Kier alpha value is -1.81. The maximum atomic E-state index is 12.3. The first-order valence-corrected chi connectivity index (χ1v) is 10.9. The van der Waals surface area contributed by atoms with E-state index in [1.807, 2.05) is 12.1 Å². The Balaban J connectivity index is 1.48. The molecule has 1 fully saturated rings. The van der Waals surface area contributed by atoms with Crippen LogP contribution in [0.5, 0.6) is 11.5 Å². The number of ether oxygens (including phenoxy) is 1. The number of aliphatic hydroxyl groups excluding tert-OH is 1. The van der Waals surface area contributed by atoms with Crippen molar-refractivity contribution >= 4 is 5.78 Å². The molecule has 4 heteroatoms. The molecule has 3 atom stereocenters. The lowest BCUT2D eigenvalue weighted by atomic mass is 9.84. The van der Waals surface area contributed by atoms with Crippen LogP contribution in [0.1, 0.15) is 70.3 Å². The van der Waals surface area contributed by atoms with Crippen molar-refractivity contribution in [3.63, 3.8) is 0 Å². The van der Waals surface area contributed by atoms with Crippen LogP contribution in [0.4, 0.5) is 0 Å². The molecule has 0 heterocycles. The summed E-state index contributed by atoms with van der Waals surface area (Å²) in [6.45, 7) is 2.17. The predicted molar refractivity (Wildman–Crippen MR) is 111 cm³/mol. The molecule has 0 aliphatic heterocycles. The number of benzene rings is 1. The second-order valence-electron chi connectivity index (χ2n) is 8.59. The number of phenolic OH excluding ortho intramolecular Hbond substituents is 1. The average molecular weight is 387 g/mol. The molecule has 28 heavy (non-hydrogen) atoms. The highest BCUT2D eigenvalue weighted by Crippen LogP contribution is 2.32. The van der Waals surface area contributed by atoms with Crippen molar-refractivity contribution in [3.05, 3.63) is 35.9 Å². The number of aliphatic hydroxyl groups is 1. The van der Waals surface area contributed by atoms with Gasteiger partial charge in [0.1, 0.15) is 5.78 Å². The summed E-state index contributed by atoms with van der Waals surface area (Å²) in [6, 6.07) is 5.36. The van der Waals surface area contributed by atoms with Gasteiger partial charge in [-0.2, -0.15) is 0 Å². The summed E-state index contributed by atoms with van der Waals surface area (Å²) in [4.78, 5) is 12.3. The normalized spacial score (nSPS) is 24.1. The number of hydrogen-bond donors (Lipinski definition) is 2. The SMILES string of the molecule is C[C@H]1C=C[C@H]([C@@H](O)CC(=O)CCc2ccc(O)c(OC3CCCCC3)c2)CC1. The van der Waals surface area contributed by atoms with Gasteiger partial charge in [-0.3, -0.25) is 4.79 Å². The van der Waals surface area contributed by atoms with Crippen LogP contribution in [-0.4, -0.2) is 28.2 Å². The molecule has 0 saturated heterocycles. The highest BCUT2D eigenvalue weighted by Gasteiger charge is 2.23. The van der Waals surface area contributed by atoms with Crippen LogP contribution in [0.2, 0.25) is 0 Å². The predicted octanol–water partition coefficient (Wildman–Crippen LogP) is 4.96. The molecule has 0 spiro atoms. The number of Topliss-reactive ketones (excluding diaryl/α,β-unsaturated/α-hetero) is 1. The molecule has 1 aromatic rings. The number of carbonyl (C=O) groups excluding carboxylic acids is 1. The van der Waals surface area contributed by atoms with Gasteiger partial charge in [0.15, 0.2) is 11.5 Å². The maximum Gasteiger partial charge on any atom is 0.161 e. The van der Waals surface area contributed by atoms with Crippen LogP contribution in [0.3, 0.4) is 0 Å². The number of carbonyl (C=O) groups is 1. The quantitative estimate of drug-likeness (QED) is 0.620. The van der Waals surface area contributed by atoms with Crippen molar-refractivity contribution in [2.45, 2.75) is 83.3 Å². The molecule has 0 aromatic heterocycles. The molecule has 3 rings (SSSR count). The fraction of sp³-hybridized carbons (Fsp3) is 0.625. The zero-order valence-electron chi connectivity index (χ0n) is 17.0. The van der Waals surface area contributed by atoms with Gasteiger partial charge >= 0.3 is 0 Å². The van der Waals surface area contributed by atoms with E-state index < -0.39 is 6.10 Å². The van der Waals surface area contributed by atoms with Crippen molar-refractivity contribution < 1.29 is 19.7 Å². The molecule has 2 aliphatic carbocycles. The van der Waals surface area contributed by atoms with Gasteiger partial charge in [0.25, 0.3) is 0 Å². The second kappa shape index (κ2) is 10.1. The van der Waals surface area contributed by atoms with E-state index in [1.54, 1.807) is 6.07 Å². The fourth-order valence-electron chi connectivity index (χ4n) is 4.24. The van der Waals surface area contributed by atoms with E-state index in [0.29, 0.717) is 24.5 Å². The van der Waals surface area contributed by atoms with Gasteiger partial charge in [-0.15, -0.1) is 0 Å². The van der Waals surface area contributed by atoms with E-state index >= 15 is 0 Å². The molecule has 2 N–H and O–H groups in total.